The van der Waals surface area contributed by atoms with E-state index < -0.39 is 11.6 Å². The molecule has 20 heavy (non-hydrogen) atoms. The third-order valence-electron chi connectivity index (χ3n) is 3.76. The fourth-order valence-corrected chi connectivity index (χ4v) is 2.85. The fourth-order valence-electron chi connectivity index (χ4n) is 2.85. The van der Waals surface area contributed by atoms with E-state index in [1.807, 2.05) is 0 Å². The van der Waals surface area contributed by atoms with E-state index in [9.17, 15) is 8.78 Å². The first-order chi connectivity index (χ1) is 9.56. The van der Waals surface area contributed by atoms with Crippen LogP contribution in [-0.4, -0.2) is 30.6 Å². The molecule has 4 heteroatoms. The Hall–Kier alpha value is -1.00. The number of hydrogen-bond acceptors (Lipinski definition) is 2. The van der Waals surface area contributed by atoms with Gasteiger partial charge < -0.3 is 5.32 Å². The summed E-state index contributed by atoms with van der Waals surface area (Å²) in [5, 5.41) is 3.53. The molecule has 0 amide bonds. The summed E-state index contributed by atoms with van der Waals surface area (Å²) in [4.78, 5) is 2.16. The highest BCUT2D eigenvalue weighted by molar-refractivity contribution is 5.19. The molecule has 0 saturated carbocycles. The van der Waals surface area contributed by atoms with Gasteiger partial charge in [-0.25, -0.2) is 8.78 Å². The zero-order valence-corrected chi connectivity index (χ0v) is 12.3. The Balaban J connectivity index is 2.03. The molecule has 0 aromatic heterocycles. The molecule has 1 heterocycles. The van der Waals surface area contributed by atoms with Gasteiger partial charge in [-0.05, 0) is 44.0 Å². The Morgan fingerprint density at radius 1 is 1.30 bits per heavy atom. The highest BCUT2D eigenvalue weighted by Gasteiger charge is 2.20. The maximum absolute atomic E-state index is 13.7. The molecule has 1 unspecified atom stereocenters. The summed E-state index contributed by atoms with van der Waals surface area (Å²) in [5.41, 5.74) is 0.192. The normalized spacial score (nSPS) is 21.1. The van der Waals surface area contributed by atoms with Crippen LogP contribution in [0.25, 0.3) is 0 Å². The van der Waals surface area contributed by atoms with Crippen LogP contribution in [0.15, 0.2) is 18.2 Å². The van der Waals surface area contributed by atoms with Gasteiger partial charge in [-0.3, -0.25) is 4.90 Å². The number of halogens is 2. The van der Waals surface area contributed by atoms with E-state index in [0.29, 0.717) is 18.5 Å². The van der Waals surface area contributed by atoms with Crippen LogP contribution in [0, 0.1) is 17.6 Å². The zero-order chi connectivity index (χ0) is 14.5. The average Bonchev–Trinajstić information content (AvgIpc) is 2.58. The summed E-state index contributed by atoms with van der Waals surface area (Å²) in [6.07, 6.45) is 2.11. The Labute approximate surface area is 120 Å². The molecular formula is C16H24F2N2. The molecule has 1 aliphatic rings. The minimum atomic E-state index is -0.442. The van der Waals surface area contributed by atoms with Crippen LogP contribution < -0.4 is 5.32 Å². The van der Waals surface area contributed by atoms with Gasteiger partial charge in [0.25, 0.3) is 0 Å². The van der Waals surface area contributed by atoms with Crippen LogP contribution in [0.2, 0.25) is 0 Å². The van der Waals surface area contributed by atoms with Gasteiger partial charge in [-0.15, -0.1) is 0 Å². The fraction of sp³-hybridized carbons (Fsp3) is 0.625. The van der Waals surface area contributed by atoms with E-state index in [4.69, 9.17) is 0 Å². The first-order valence-corrected chi connectivity index (χ1v) is 7.45. The van der Waals surface area contributed by atoms with Crippen molar-refractivity contribution in [1.82, 2.24) is 10.2 Å². The third kappa shape index (κ3) is 4.25. The topological polar surface area (TPSA) is 15.3 Å². The molecule has 0 spiro atoms. The van der Waals surface area contributed by atoms with Crippen molar-refractivity contribution in [2.75, 3.05) is 19.6 Å². The first-order valence-electron chi connectivity index (χ1n) is 7.45. The van der Waals surface area contributed by atoms with Crippen LogP contribution >= 0.6 is 0 Å². The molecular weight excluding hydrogens is 258 g/mol. The van der Waals surface area contributed by atoms with Crippen molar-refractivity contribution in [2.45, 2.75) is 39.3 Å². The number of hydrogen-bond donors (Lipinski definition) is 1. The Bertz CT molecular complexity index is 414. The maximum Gasteiger partial charge on any atom is 0.130 e. The summed E-state index contributed by atoms with van der Waals surface area (Å²) in [6.45, 7) is 7.48. The summed E-state index contributed by atoms with van der Waals surface area (Å²) >= 11 is 0. The molecule has 2 nitrogen and oxygen atoms in total. The summed E-state index contributed by atoms with van der Waals surface area (Å²) < 4.78 is 27.5. The second kappa shape index (κ2) is 7.14. The van der Waals surface area contributed by atoms with Crippen LogP contribution in [0.3, 0.4) is 0 Å². The van der Waals surface area contributed by atoms with Crippen molar-refractivity contribution in [3.05, 3.63) is 35.4 Å². The summed E-state index contributed by atoms with van der Waals surface area (Å²) in [5.74, 6) is -0.261. The standard InChI is InChI=1S/C16H24F2N2/c1-12(2)9-13-10-20(8-4-7-19-13)11-14-15(17)5-3-6-16(14)18/h3,5-6,12-13,19H,4,7-11H2,1-2H3. The number of nitrogens with one attached hydrogen (secondary N) is 1. The van der Waals surface area contributed by atoms with Gasteiger partial charge in [0.1, 0.15) is 11.6 Å². The quantitative estimate of drug-likeness (QED) is 0.912. The van der Waals surface area contributed by atoms with Gasteiger partial charge in [0, 0.05) is 24.7 Å². The molecule has 112 valence electrons. The second-order valence-electron chi connectivity index (χ2n) is 6.07. The van der Waals surface area contributed by atoms with Crippen molar-refractivity contribution >= 4 is 0 Å². The van der Waals surface area contributed by atoms with Gasteiger partial charge in [-0.2, -0.15) is 0 Å². The van der Waals surface area contributed by atoms with E-state index in [1.54, 1.807) is 0 Å². The maximum atomic E-state index is 13.7. The molecule has 1 atom stereocenters. The Morgan fingerprint density at radius 2 is 2.00 bits per heavy atom. The minimum absolute atomic E-state index is 0.192. The molecule has 0 bridgehead atoms. The van der Waals surface area contributed by atoms with Gasteiger partial charge in [0.05, 0.1) is 0 Å². The van der Waals surface area contributed by atoms with Crippen molar-refractivity contribution < 1.29 is 8.78 Å². The largest absolute Gasteiger partial charge is 0.313 e. The smallest absolute Gasteiger partial charge is 0.130 e. The molecule has 2 rings (SSSR count). The predicted molar refractivity (Wildman–Crippen MR) is 77.5 cm³/mol. The number of nitrogens with zero attached hydrogens (tertiary/aromatic N) is 1. The van der Waals surface area contributed by atoms with Crippen molar-refractivity contribution in [3.63, 3.8) is 0 Å². The van der Waals surface area contributed by atoms with Gasteiger partial charge in [0.15, 0.2) is 0 Å². The highest BCUT2D eigenvalue weighted by atomic mass is 19.1. The van der Waals surface area contributed by atoms with E-state index in [1.165, 1.54) is 18.2 Å². The van der Waals surface area contributed by atoms with E-state index >= 15 is 0 Å². The van der Waals surface area contributed by atoms with Crippen molar-refractivity contribution in [1.29, 1.82) is 0 Å². The van der Waals surface area contributed by atoms with Crippen molar-refractivity contribution in [2.24, 2.45) is 5.92 Å². The molecule has 1 aromatic rings. The van der Waals surface area contributed by atoms with E-state index in [0.717, 1.165) is 32.5 Å². The van der Waals surface area contributed by atoms with E-state index in [2.05, 4.69) is 24.1 Å². The van der Waals surface area contributed by atoms with Crippen LogP contribution in [-0.2, 0) is 6.54 Å². The molecule has 1 aromatic carbocycles. The molecule has 1 fully saturated rings. The molecule has 1 aliphatic heterocycles. The van der Waals surface area contributed by atoms with Gasteiger partial charge in [-0.1, -0.05) is 19.9 Å². The zero-order valence-electron chi connectivity index (χ0n) is 12.3. The average molecular weight is 282 g/mol. The minimum Gasteiger partial charge on any atom is -0.313 e. The predicted octanol–water partition coefficient (Wildman–Crippen LogP) is 3.17. The summed E-state index contributed by atoms with van der Waals surface area (Å²) in [7, 11) is 0. The van der Waals surface area contributed by atoms with Crippen molar-refractivity contribution in [3.8, 4) is 0 Å². The lowest BCUT2D eigenvalue weighted by Crippen LogP contribution is -2.38. The molecule has 1 N–H and O–H groups in total. The molecule has 1 saturated heterocycles. The van der Waals surface area contributed by atoms with Gasteiger partial charge in [0.2, 0.25) is 0 Å². The van der Waals surface area contributed by atoms with E-state index in [-0.39, 0.29) is 5.56 Å². The Morgan fingerprint density at radius 3 is 2.65 bits per heavy atom. The Kier molecular flexibility index (Phi) is 5.49. The van der Waals surface area contributed by atoms with Gasteiger partial charge >= 0.3 is 0 Å². The third-order valence-corrected chi connectivity index (χ3v) is 3.76. The monoisotopic (exact) mass is 282 g/mol. The van der Waals surface area contributed by atoms with Crippen LogP contribution in [0.5, 0.6) is 0 Å². The van der Waals surface area contributed by atoms with Crippen LogP contribution in [0.4, 0.5) is 8.78 Å². The first kappa shape index (κ1) is 15.4. The van der Waals surface area contributed by atoms with Crippen LogP contribution in [0.1, 0.15) is 32.3 Å². The molecule has 0 radical (unpaired) electrons. The summed E-state index contributed by atoms with van der Waals surface area (Å²) in [6, 6.07) is 4.49. The second-order valence-corrected chi connectivity index (χ2v) is 6.07. The lowest BCUT2D eigenvalue weighted by molar-refractivity contribution is 0.241. The SMILES string of the molecule is CC(C)CC1CN(Cc2c(F)cccc2F)CCCN1. The lowest BCUT2D eigenvalue weighted by Gasteiger charge is -2.25. The lowest BCUT2D eigenvalue weighted by atomic mass is 10.0. The number of rotatable bonds is 4. The number of benzene rings is 1. The highest BCUT2D eigenvalue weighted by Crippen LogP contribution is 2.17. The molecule has 0 aliphatic carbocycles.